The van der Waals surface area contributed by atoms with Gasteiger partial charge in [-0.3, -0.25) is 4.68 Å². The van der Waals surface area contributed by atoms with E-state index in [1.54, 1.807) is 10.9 Å². The minimum Gasteiger partial charge on any atom is -0.382 e. The number of aromatic nitrogens is 2. The van der Waals surface area contributed by atoms with Gasteiger partial charge in [0.1, 0.15) is 6.10 Å². The van der Waals surface area contributed by atoms with Crippen molar-refractivity contribution in [2.75, 3.05) is 0 Å². The quantitative estimate of drug-likeness (QED) is 0.899. The Morgan fingerprint density at radius 2 is 1.80 bits per heavy atom. The molecule has 0 spiro atoms. The van der Waals surface area contributed by atoms with E-state index in [1.165, 1.54) is 5.56 Å². The van der Waals surface area contributed by atoms with Crippen molar-refractivity contribution in [1.29, 1.82) is 0 Å². The van der Waals surface area contributed by atoms with E-state index in [2.05, 4.69) is 38.0 Å². The monoisotopic (exact) mass is 292 g/mol. The van der Waals surface area contributed by atoms with E-state index >= 15 is 0 Å². The molecule has 20 heavy (non-hydrogen) atoms. The SMILES string of the molecule is CCCn1ncc(Cl)c1C(O)c1ccc(C(C)C)cc1. The number of nitrogens with zero attached hydrogens (tertiary/aromatic N) is 2. The Balaban J connectivity index is 2.31. The minimum absolute atomic E-state index is 0.482. The Hall–Kier alpha value is -1.32. The van der Waals surface area contributed by atoms with Gasteiger partial charge in [0.2, 0.25) is 0 Å². The molecular weight excluding hydrogens is 272 g/mol. The lowest BCUT2D eigenvalue weighted by Gasteiger charge is -2.15. The van der Waals surface area contributed by atoms with Gasteiger partial charge in [-0.15, -0.1) is 0 Å². The maximum atomic E-state index is 10.6. The van der Waals surface area contributed by atoms with E-state index in [-0.39, 0.29) is 0 Å². The zero-order valence-corrected chi connectivity index (χ0v) is 12.9. The molecule has 1 aromatic heterocycles. The van der Waals surface area contributed by atoms with Crippen LogP contribution in [-0.2, 0) is 6.54 Å². The Morgan fingerprint density at radius 3 is 2.35 bits per heavy atom. The van der Waals surface area contributed by atoms with E-state index in [0.717, 1.165) is 18.5 Å². The summed E-state index contributed by atoms with van der Waals surface area (Å²) in [5, 5.41) is 15.3. The fourth-order valence-electron chi connectivity index (χ4n) is 2.25. The van der Waals surface area contributed by atoms with E-state index < -0.39 is 6.10 Å². The molecule has 1 heterocycles. The summed E-state index contributed by atoms with van der Waals surface area (Å²) < 4.78 is 1.78. The number of aliphatic hydroxyl groups is 1. The molecule has 0 bridgehead atoms. The highest BCUT2D eigenvalue weighted by molar-refractivity contribution is 6.31. The molecule has 1 aromatic carbocycles. The molecule has 1 unspecified atom stereocenters. The van der Waals surface area contributed by atoms with E-state index in [0.29, 0.717) is 16.6 Å². The van der Waals surface area contributed by atoms with Crippen LogP contribution in [0.3, 0.4) is 0 Å². The van der Waals surface area contributed by atoms with Crippen molar-refractivity contribution in [2.24, 2.45) is 0 Å². The number of hydrogen-bond donors (Lipinski definition) is 1. The van der Waals surface area contributed by atoms with Gasteiger partial charge in [0.25, 0.3) is 0 Å². The van der Waals surface area contributed by atoms with Gasteiger partial charge in [-0.1, -0.05) is 56.6 Å². The predicted octanol–water partition coefficient (Wildman–Crippen LogP) is 4.15. The summed E-state index contributed by atoms with van der Waals surface area (Å²) in [6.45, 7) is 7.13. The molecule has 3 nitrogen and oxygen atoms in total. The highest BCUT2D eigenvalue weighted by Crippen LogP contribution is 2.29. The third-order valence-corrected chi connectivity index (χ3v) is 3.74. The minimum atomic E-state index is -0.738. The molecular formula is C16H21ClN2O. The Kier molecular flexibility index (Phi) is 4.84. The molecule has 1 atom stereocenters. The lowest BCUT2D eigenvalue weighted by atomic mass is 9.99. The van der Waals surface area contributed by atoms with Gasteiger partial charge in [0.05, 0.1) is 16.9 Å². The molecule has 0 radical (unpaired) electrons. The van der Waals surface area contributed by atoms with Gasteiger partial charge in [-0.05, 0) is 23.5 Å². The highest BCUT2D eigenvalue weighted by Gasteiger charge is 2.19. The fourth-order valence-corrected chi connectivity index (χ4v) is 2.50. The van der Waals surface area contributed by atoms with Crippen LogP contribution < -0.4 is 0 Å². The normalized spacial score (nSPS) is 12.9. The van der Waals surface area contributed by atoms with Crippen LogP contribution in [0.15, 0.2) is 30.5 Å². The average Bonchev–Trinajstić information content (AvgIpc) is 2.79. The van der Waals surface area contributed by atoms with Crippen LogP contribution in [0.4, 0.5) is 0 Å². The first-order valence-electron chi connectivity index (χ1n) is 7.03. The summed E-state index contributed by atoms with van der Waals surface area (Å²) >= 11 is 6.16. The summed E-state index contributed by atoms with van der Waals surface area (Å²) in [5.74, 6) is 0.482. The molecule has 0 aliphatic rings. The van der Waals surface area contributed by atoms with Crippen LogP contribution in [0.2, 0.25) is 5.02 Å². The van der Waals surface area contributed by atoms with Crippen molar-refractivity contribution >= 4 is 11.6 Å². The van der Waals surface area contributed by atoms with Crippen molar-refractivity contribution in [3.63, 3.8) is 0 Å². The largest absolute Gasteiger partial charge is 0.382 e. The molecule has 0 aliphatic carbocycles. The summed E-state index contributed by atoms with van der Waals surface area (Å²) in [6, 6.07) is 8.02. The Labute approximate surface area is 125 Å². The Morgan fingerprint density at radius 1 is 1.20 bits per heavy atom. The number of benzene rings is 1. The van der Waals surface area contributed by atoms with Gasteiger partial charge in [0.15, 0.2) is 0 Å². The summed E-state index contributed by atoms with van der Waals surface area (Å²) in [7, 11) is 0. The van der Waals surface area contributed by atoms with Crippen molar-refractivity contribution in [1.82, 2.24) is 9.78 Å². The first-order chi connectivity index (χ1) is 9.54. The first kappa shape index (κ1) is 15.1. The third-order valence-electron chi connectivity index (χ3n) is 3.45. The number of rotatable bonds is 5. The van der Waals surface area contributed by atoms with Crippen molar-refractivity contribution in [3.05, 3.63) is 52.3 Å². The second kappa shape index (κ2) is 6.42. The number of aliphatic hydroxyl groups excluding tert-OH is 1. The van der Waals surface area contributed by atoms with Gasteiger partial charge in [-0.25, -0.2) is 0 Å². The van der Waals surface area contributed by atoms with Crippen molar-refractivity contribution in [3.8, 4) is 0 Å². The fraction of sp³-hybridized carbons (Fsp3) is 0.438. The molecule has 2 aromatic rings. The summed E-state index contributed by atoms with van der Waals surface area (Å²) in [4.78, 5) is 0. The molecule has 108 valence electrons. The van der Waals surface area contributed by atoms with Crippen LogP contribution in [0.25, 0.3) is 0 Å². The van der Waals surface area contributed by atoms with E-state index in [9.17, 15) is 5.11 Å². The van der Waals surface area contributed by atoms with Crippen molar-refractivity contribution in [2.45, 2.75) is 45.8 Å². The second-order valence-electron chi connectivity index (χ2n) is 5.32. The zero-order chi connectivity index (χ0) is 14.7. The van der Waals surface area contributed by atoms with Crippen LogP contribution >= 0.6 is 11.6 Å². The second-order valence-corrected chi connectivity index (χ2v) is 5.73. The molecule has 0 fully saturated rings. The number of halogens is 1. The zero-order valence-electron chi connectivity index (χ0n) is 12.2. The molecule has 4 heteroatoms. The summed E-state index contributed by atoms with van der Waals surface area (Å²) in [6.07, 6.45) is 1.81. The lowest BCUT2D eigenvalue weighted by Crippen LogP contribution is -2.10. The Bertz CT molecular complexity index is 560. The van der Waals surface area contributed by atoms with Crippen LogP contribution in [-0.4, -0.2) is 14.9 Å². The van der Waals surface area contributed by atoms with Crippen molar-refractivity contribution < 1.29 is 5.11 Å². The molecule has 0 saturated carbocycles. The third kappa shape index (κ3) is 3.05. The van der Waals surface area contributed by atoms with Gasteiger partial charge in [-0.2, -0.15) is 5.10 Å². The molecule has 0 saturated heterocycles. The molecule has 2 rings (SSSR count). The van der Waals surface area contributed by atoms with Gasteiger partial charge < -0.3 is 5.11 Å². The smallest absolute Gasteiger partial charge is 0.122 e. The lowest BCUT2D eigenvalue weighted by molar-refractivity contribution is 0.207. The maximum absolute atomic E-state index is 10.6. The number of aryl methyl sites for hydroxylation is 1. The van der Waals surface area contributed by atoms with Crippen LogP contribution in [0.5, 0.6) is 0 Å². The van der Waals surface area contributed by atoms with Gasteiger partial charge in [0, 0.05) is 6.54 Å². The highest BCUT2D eigenvalue weighted by atomic mass is 35.5. The maximum Gasteiger partial charge on any atom is 0.122 e. The van der Waals surface area contributed by atoms with E-state index in [1.807, 2.05) is 12.1 Å². The first-order valence-corrected chi connectivity index (χ1v) is 7.41. The number of hydrogen-bond acceptors (Lipinski definition) is 2. The standard InChI is InChI=1S/C16H21ClN2O/c1-4-9-19-15(14(17)10-18-19)16(20)13-7-5-12(6-8-13)11(2)3/h5-8,10-11,16,20H,4,9H2,1-3H3. The van der Waals surface area contributed by atoms with Crippen LogP contribution in [0.1, 0.15) is 56.0 Å². The molecule has 0 amide bonds. The summed E-state index contributed by atoms with van der Waals surface area (Å²) in [5.41, 5.74) is 2.77. The van der Waals surface area contributed by atoms with Gasteiger partial charge >= 0.3 is 0 Å². The predicted molar refractivity (Wildman–Crippen MR) is 82.1 cm³/mol. The topological polar surface area (TPSA) is 38.0 Å². The average molecular weight is 293 g/mol. The molecule has 1 N–H and O–H groups in total. The van der Waals surface area contributed by atoms with E-state index in [4.69, 9.17) is 11.6 Å². The molecule has 0 aliphatic heterocycles. The van der Waals surface area contributed by atoms with Crippen LogP contribution in [0, 0.1) is 0 Å².